The molecule has 3 aromatic rings. The van der Waals surface area contributed by atoms with Gasteiger partial charge in [-0.1, -0.05) is 54.1 Å². The number of ether oxygens (including phenoxy) is 1. The van der Waals surface area contributed by atoms with Crippen molar-refractivity contribution in [2.24, 2.45) is 0 Å². The molecule has 0 bridgehead atoms. The fourth-order valence-electron chi connectivity index (χ4n) is 3.50. The number of rotatable bonds is 9. The Bertz CT molecular complexity index is 956. The predicted octanol–water partition coefficient (Wildman–Crippen LogP) is 5.19. The molecule has 3 aromatic carbocycles. The minimum absolute atomic E-state index is 0.220. The number of para-hydroxylation sites is 1. The Kier molecular flexibility index (Phi) is 7.61. The Morgan fingerprint density at radius 2 is 1.63 bits per heavy atom. The zero-order valence-corrected chi connectivity index (χ0v) is 17.9. The van der Waals surface area contributed by atoms with Gasteiger partial charge in [-0.05, 0) is 61.2 Å². The summed E-state index contributed by atoms with van der Waals surface area (Å²) in [6, 6.07) is 20.7. The second-order valence-electron chi connectivity index (χ2n) is 7.96. The third-order valence-electron chi connectivity index (χ3n) is 5.21. The molecule has 1 atom stereocenters. The highest BCUT2D eigenvalue weighted by Crippen LogP contribution is 2.18. The molecule has 3 rings (SSSR count). The van der Waals surface area contributed by atoms with E-state index in [1.165, 1.54) is 28.8 Å². The minimum Gasteiger partial charge on any atom is -0.491 e. The molecule has 0 spiro atoms. The van der Waals surface area contributed by atoms with Gasteiger partial charge in [0.15, 0.2) is 0 Å². The molecular formula is C26H30FNO2. The van der Waals surface area contributed by atoms with Gasteiger partial charge in [-0.2, -0.15) is 0 Å². The van der Waals surface area contributed by atoms with Crippen molar-refractivity contribution in [2.75, 3.05) is 13.2 Å². The van der Waals surface area contributed by atoms with E-state index in [1.54, 1.807) is 12.1 Å². The summed E-state index contributed by atoms with van der Waals surface area (Å²) in [5.74, 6) is 0.544. The van der Waals surface area contributed by atoms with Crippen molar-refractivity contribution in [3.05, 3.63) is 100 Å². The lowest BCUT2D eigenvalue weighted by molar-refractivity contribution is 0.0625. The Balaban J connectivity index is 1.70. The second-order valence-corrected chi connectivity index (χ2v) is 7.96. The van der Waals surface area contributed by atoms with Gasteiger partial charge in [0.2, 0.25) is 0 Å². The van der Waals surface area contributed by atoms with Crippen molar-refractivity contribution in [1.29, 1.82) is 0 Å². The fraction of sp³-hybridized carbons (Fsp3) is 0.308. The first-order valence-corrected chi connectivity index (χ1v) is 10.3. The van der Waals surface area contributed by atoms with E-state index >= 15 is 0 Å². The molecule has 0 unspecified atom stereocenters. The molecule has 0 saturated heterocycles. The van der Waals surface area contributed by atoms with Crippen LogP contribution in [-0.4, -0.2) is 29.3 Å². The maximum atomic E-state index is 13.3. The van der Waals surface area contributed by atoms with Crippen LogP contribution in [-0.2, 0) is 13.1 Å². The SMILES string of the molecule is Cc1ccc(C)c(CN(Cc2ccc(F)cc2)C[C@H](O)COc2ccccc2C)c1. The van der Waals surface area contributed by atoms with E-state index < -0.39 is 6.10 Å². The van der Waals surface area contributed by atoms with Gasteiger partial charge in [0.25, 0.3) is 0 Å². The summed E-state index contributed by atoms with van der Waals surface area (Å²) < 4.78 is 19.1. The molecule has 30 heavy (non-hydrogen) atoms. The highest BCUT2D eigenvalue weighted by molar-refractivity contribution is 5.32. The summed E-state index contributed by atoms with van der Waals surface area (Å²) in [5, 5.41) is 10.7. The molecule has 0 aromatic heterocycles. The summed E-state index contributed by atoms with van der Waals surface area (Å²) in [7, 11) is 0. The van der Waals surface area contributed by atoms with Gasteiger partial charge in [-0.3, -0.25) is 4.90 Å². The van der Waals surface area contributed by atoms with Crippen LogP contribution in [0.3, 0.4) is 0 Å². The molecule has 0 heterocycles. The van der Waals surface area contributed by atoms with Crippen molar-refractivity contribution in [1.82, 2.24) is 4.90 Å². The third-order valence-corrected chi connectivity index (χ3v) is 5.21. The molecule has 0 fully saturated rings. The van der Waals surface area contributed by atoms with Crippen LogP contribution in [0.25, 0.3) is 0 Å². The van der Waals surface area contributed by atoms with E-state index in [0.29, 0.717) is 19.6 Å². The van der Waals surface area contributed by atoms with Crippen molar-refractivity contribution in [3.8, 4) is 5.75 Å². The van der Waals surface area contributed by atoms with E-state index in [4.69, 9.17) is 4.74 Å². The smallest absolute Gasteiger partial charge is 0.123 e. The molecule has 0 radical (unpaired) electrons. The molecule has 0 amide bonds. The van der Waals surface area contributed by atoms with E-state index in [2.05, 4.69) is 36.9 Å². The first-order valence-electron chi connectivity index (χ1n) is 10.3. The number of aliphatic hydroxyl groups excluding tert-OH is 1. The summed E-state index contributed by atoms with van der Waals surface area (Å²) in [4.78, 5) is 2.18. The number of aryl methyl sites for hydroxylation is 3. The molecule has 0 aliphatic carbocycles. The fourth-order valence-corrected chi connectivity index (χ4v) is 3.50. The van der Waals surface area contributed by atoms with E-state index in [9.17, 15) is 9.50 Å². The van der Waals surface area contributed by atoms with Gasteiger partial charge in [0.05, 0.1) is 0 Å². The van der Waals surface area contributed by atoms with Gasteiger partial charge < -0.3 is 9.84 Å². The summed E-state index contributed by atoms with van der Waals surface area (Å²) >= 11 is 0. The Labute approximate surface area is 178 Å². The maximum absolute atomic E-state index is 13.3. The van der Waals surface area contributed by atoms with Crippen molar-refractivity contribution in [3.63, 3.8) is 0 Å². The van der Waals surface area contributed by atoms with E-state index in [-0.39, 0.29) is 12.4 Å². The number of hydrogen-bond acceptors (Lipinski definition) is 3. The second kappa shape index (κ2) is 10.4. The highest BCUT2D eigenvalue weighted by atomic mass is 19.1. The molecule has 1 N–H and O–H groups in total. The monoisotopic (exact) mass is 407 g/mol. The van der Waals surface area contributed by atoms with Crippen LogP contribution in [0.1, 0.15) is 27.8 Å². The highest BCUT2D eigenvalue weighted by Gasteiger charge is 2.15. The number of aliphatic hydroxyl groups is 1. The van der Waals surface area contributed by atoms with Crippen LogP contribution >= 0.6 is 0 Å². The minimum atomic E-state index is -0.643. The third kappa shape index (κ3) is 6.41. The Morgan fingerprint density at radius 1 is 0.900 bits per heavy atom. The van der Waals surface area contributed by atoms with Crippen LogP contribution in [0.2, 0.25) is 0 Å². The summed E-state index contributed by atoms with van der Waals surface area (Å²) in [6.07, 6.45) is -0.643. The van der Waals surface area contributed by atoms with Crippen molar-refractivity contribution >= 4 is 0 Å². The van der Waals surface area contributed by atoms with Crippen molar-refractivity contribution < 1.29 is 14.2 Å². The average Bonchev–Trinajstić information content (AvgIpc) is 2.72. The zero-order valence-electron chi connectivity index (χ0n) is 17.9. The number of hydrogen-bond donors (Lipinski definition) is 1. The van der Waals surface area contributed by atoms with E-state index in [0.717, 1.165) is 16.9 Å². The topological polar surface area (TPSA) is 32.7 Å². The summed E-state index contributed by atoms with van der Waals surface area (Å²) in [5.41, 5.74) is 5.71. The van der Waals surface area contributed by atoms with Gasteiger partial charge >= 0.3 is 0 Å². The van der Waals surface area contributed by atoms with Gasteiger partial charge in [0, 0.05) is 19.6 Å². The first-order chi connectivity index (χ1) is 14.4. The molecule has 3 nitrogen and oxygen atoms in total. The van der Waals surface area contributed by atoms with Crippen LogP contribution in [0.5, 0.6) is 5.75 Å². The standard InChI is InChI=1S/C26H30FNO2/c1-19-8-9-20(2)23(14-19)16-28(15-22-10-12-24(27)13-11-22)17-25(29)18-30-26-7-5-4-6-21(26)3/h4-14,25,29H,15-18H2,1-3H3/t25-/m0/s1. The molecule has 0 aliphatic rings. The van der Waals surface area contributed by atoms with Gasteiger partial charge in [0.1, 0.15) is 24.3 Å². The quantitative estimate of drug-likeness (QED) is 0.530. The van der Waals surface area contributed by atoms with Crippen LogP contribution < -0.4 is 4.74 Å². The molecule has 4 heteroatoms. The van der Waals surface area contributed by atoms with E-state index in [1.807, 2.05) is 31.2 Å². The Hall–Kier alpha value is -2.69. The molecule has 158 valence electrons. The number of halogens is 1. The average molecular weight is 408 g/mol. The maximum Gasteiger partial charge on any atom is 0.123 e. The summed E-state index contributed by atoms with van der Waals surface area (Å²) in [6.45, 7) is 8.17. The molecule has 0 aliphatic heterocycles. The molecular weight excluding hydrogens is 377 g/mol. The lowest BCUT2D eigenvalue weighted by Crippen LogP contribution is -2.35. The largest absolute Gasteiger partial charge is 0.491 e. The lowest BCUT2D eigenvalue weighted by Gasteiger charge is -2.26. The van der Waals surface area contributed by atoms with Gasteiger partial charge in [-0.15, -0.1) is 0 Å². The normalized spacial score (nSPS) is 12.2. The number of nitrogens with zero attached hydrogens (tertiary/aromatic N) is 1. The zero-order chi connectivity index (χ0) is 21.5. The van der Waals surface area contributed by atoms with Gasteiger partial charge in [-0.25, -0.2) is 4.39 Å². The first kappa shape index (κ1) is 22.0. The molecule has 0 saturated carbocycles. The van der Waals surface area contributed by atoms with Crippen LogP contribution in [0, 0.1) is 26.6 Å². The Morgan fingerprint density at radius 3 is 2.37 bits per heavy atom. The van der Waals surface area contributed by atoms with Crippen LogP contribution in [0.4, 0.5) is 4.39 Å². The lowest BCUT2D eigenvalue weighted by atomic mass is 10.0. The number of benzene rings is 3. The van der Waals surface area contributed by atoms with Crippen LogP contribution in [0.15, 0.2) is 66.7 Å². The van der Waals surface area contributed by atoms with Crippen molar-refractivity contribution in [2.45, 2.75) is 40.0 Å². The predicted molar refractivity (Wildman–Crippen MR) is 119 cm³/mol.